The van der Waals surface area contributed by atoms with Crippen LogP contribution in [0.15, 0.2) is 48.6 Å². The number of Topliss-reactive ketones (excluding diaryl/α,β-unsaturated/α-hetero) is 1. The number of hydrogen-bond acceptors (Lipinski definition) is 7. The van der Waals surface area contributed by atoms with E-state index in [0.717, 1.165) is 25.0 Å². The topological polar surface area (TPSA) is 72.5 Å². The lowest BCUT2D eigenvalue weighted by molar-refractivity contribution is -0.467. The number of benzene rings is 1. The van der Waals surface area contributed by atoms with Crippen molar-refractivity contribution in [2.24, 2.45) is 17.3 Å². The van der Waals surface area contributed by atoms with Crippen LogP contribution in [0.3, 0.4) is 0 Å². The highest BCUT2D eigenvalue weighted by Crippen LogP contribution is 2.44. The molecule has 7 nitrogen and oxygen atoms in total. The van der Waals surface area contributed by atoms with Gasteiger partial charge in [-0.3, -0.25) is 4.79 Å². The number of ether oxygens (including phenoxy) is 4. The molecule has 1 saturated carbocycles. The second-order valence-electron chi connectivity index (χ2n) is 18.4. The molecule has 3 saturated heterocycles. The van der Waals surface area contributed by atoms with Crippen LogP contribution in [-0.4, -0.2) is 67.0 Å². The SMILES string of the molecule is CC12COC(CCCC=CC[C@H]3C(=O)C[C@@H](O[Si](C)(C)C(C)(C)C)[C@@H]3C=C[C@H](COc3cccc(C(F)(F)F)c3)O[Si](C)(C)C(C)(C)C)(OC1)OC2. The molecule has 4 atom stereocenters. The van der Waals surface area contributed by atoms with Crippen LogP contribution in [-0.2, 0) is 34.0 Å². The highest BCUT2D eigenvalue weighted by molar-refractivity contribution is 6.74. The molecule has 0 spiro atoms. The summed E-state index contributed by atoms with van der Waals surface area (Å²) in [5.41, 5.74) is -0.836. The van der Waals surface area contributed by atoms with Crippen LogP contribution in [0.4, 0.5) is 13.2 Å². The van der Waals surface area contributed by atoms with Gasteiger partial charge in [0.05, 0.1) is 37.6 Å². The number of ketones is 1. The molecule has 5 rings (SSSR count). The van der Waals surface area contributed by atoms with Crippen molar-refractivity contribution in [3.8, 4) is 5.75 Å². The van der Waals surface area contributed by atoms with E-state index in [1.54, 1.807) is 0 Å². The number of allylic oxidation sites excluding steroid dienone is 2. The van der Waals surface area contributed by atoms with Crippen LogP contribution < -0.4 is 4.74 Å². The van der Waals surface area contributed by atoms with E-state index in [1.807, 2.05) is 6.08 Å². The van der Waals surface area contributed by atoms with Gasteiger partial charge in [-0.05, 0) is 73.7 Å². The van der Waals surface area contributed by atoms with E-state index in [4.69, 9.17) is 27.8 Å². The Kier molecular flexibility index (Phi) is 13.3. The van der Waals surface area contributed by atoms with Crippen molar-refractivity contribution in [2.45, 2.75) is 141 Å². The van der Waals surface area contributed by atoms with E-state index in [1.165, 1.54) is 12.1 Å². The quantitative estimate of drug-likeness (QED) is 0.0999. The Morgan fingerprint density at radius 2 is 1.56 bits per heavy atom. The van der Waals surface area contributed by atoms with Gasteiger partial charge in [0, 0.05) is 30.1 Å². The maximum atomic E-state index is 13.7. The summed E-state index contributed by atoms with van der Waals surface area (Å²) in [4.78, 5) is 13.7. The maximum absolute atomic E-state index is 13.7. The fourth-order valence-electron chi connectivity index (χ4n) is 6.17. The zero-order valence-corrected chi connectivity index (χ0v) is 35.3. The normalized spacial score (nSPS) is 28.3. The van der Waals surface area contributed by atoms with Gasteiger partial charge in [0.15, 0.2) is 16.6 Å². The molecule has 52 heavy (non-hydrogen) atoms. The van der Waals surface area contributed by atoms with Gasteiger partial charge >= 0.3 is 6.18 Å². The lowest BCUT2D eigenvalue weighted by Crippen LogP contribution is -2.58. The van der Waals surface area contributed by atoms with E-state index in [2.05, 4.69) is 92.9 Å². The highest BCUT2D eigenvalue weighted by atomic mass is 28.4. The number of halogens is 3. The van der Waals surface area contributed by atoms with Gasteiger partial charge < -0.3 is 27.8 Å². The molecular formula is C40H63F3O7Si2. The fraction of sp³-hybridized carbons (Fsp3) is 0.725. The fourth-order valence-corrected chi connectivity index (χ4v) is 8.78. The smallest absolute Gasteiger partial charge is 0.416 e. The molecule has 0 N–H and O–H groups in total. The molecule has 1 aromatic carbocycles. The zero-order valence-electron chi connectivity index (χ0n) is 33.3. The zero-order chi connectivity index (χ0) is 38.8. The summed E-state index contributed by atoms with van der Waals surface area (Å²) >= 11 is 0. The molecule has 1 aromatic rings. The average molecular weight is 769 g/mol. The Morgan fingerprint density at radius 1 is 0.942 bits per heavy atom. The Balaban J connectivity index is 1.52. The van der Waals surface area contributed by atoms with Gasteiger partial charge in [0.2, 0.25) is 0 Å². The first-order valence-electron chi connectivity index (χ1n) is 18.8. The van der Waals surface area contributed by atoms with Crippen LogP contribution >= 0.6 is 0 Å². The molecule has 3 heterocycles. The molecule has 0 radical (unpaired) electrons. The molecule has 3 aliphatic heterocycles. The minimum absolute atomic E-state index is 0.0290. The predicted octanol–water partition coefficient (Wildman–Crippen LogP) is 10.5. The van der Waals surface area contributed by atoms with Crippen molar-refractivity contribution in [1.82, 2.24) is 0 Å². The van der Waals surface area contributed by atoms with Gasteiger partial charge in [0.25, 0.3) is 5.97 Å². The third kappa shape index (κ3) is 10.9. The third-order valence-corrected chi connectivity index (χ3v) is 20.7. The monoisotopic (exact) mass is 768 g/mol. The summed E-state index contributed by atoms with van der Waals surface area (Å²) in [7, 11) is -4.56. The number of carbonyl (C=O) groups excluding carboxylic acids is 1. The van der Waals surface area contributed by atoms with Crippen molar-refractivity contribution < 1.29 is 45.8 Å². The van der Waals surface area contributed by atoms with Crippen LogP contribution in [0, 0.1) is 17.3 Å². The van der Waals surface area contributed by atoms with Crippen molar-refractivity contribution >= 4 is 22.4 Å². The molecule has 2 bridgehead atoms. The second kappa shape index (κ2) is 16.1. The molecular weight excluding hydrogens is 706 g/mol. The number of alkyl halides is 3. The van der Waals surface area contributed by atoms with Gasteiger partial charge in [-0.1, -0.05) is 78.8 Å². The third-order valence-electron chi connectivity index (χ3n) is 11.7. The molecule has 0 unspecified atom stereocenters. The standard InChI is InChI=1S/C40H63F3O7Si2/c1-36(2,3)51(8,9)49-31(25-45-30-18-16-17-29(23-30)40(41,42)43)20-21-33-32(34(44)24-35(33)50-52(10,11)37(4,5)6)19-14-12-13-15-22-39-46-26-38(7,27-47-39)28-48-39/h12,14,16-18,20-21,23,31-33,35H,13,15,19,22,24-28H2,1-11H3/t31-,32-,33-,35-,38?,39?/m1/s1. The molecule has 294 valence electrons. The van der Waals surface area contributed by atoms with E-state index >= 15 is 0 Å². The summed E-state index contributed by atoms with van der Waals surface area (Å²) in [5, 5.41) is -0.153. The summed E-state index contributed by atoms with van der Waals surface area (Å²) in [6, 6.07) is 4.91. The van der Waals surface area contributed by atoms with Gasteiger partial charge in [0.1, 0.15) is 18.1 Å². The second-order valence-corrected chi connectivity index (χ2v) is 27.9. The number of carbonyl (C=O) groups is 1. The van der Waals surface area contributed by atoms with Crippen LogP contribution in [0.25, 0.3) is 0 Å². The van der Waals surface area contributed by atoms with Crippen LogP contribution in [0.5, 0.6) is 5.75 Å². The minimum Gasteiger partial charge on any atom is -0.491 e. The number of hydrogen-bond donors (Lipinski definition) is 0. The van der Waals surface area contributed by atoms with Gasteiger partial charge in [-0.2, -0.15) is 13.2 Å². The summed E-state index contributed by atoms with van der Waals surface area (Å²) in [6.07, 6.45) is 6.10. The molecule has 0 amide bonds. The number of rotatable bonds is 15. The maximum Gasteiger partial charge on any atom is 0.416 e. The largest absolute Gasteiger partial charge is 0.491 e. The van der Waals surface area contributed by atoms with E-state index in [-0.39, 0.29) is 51.6 Å². The van der Waals surface area contributed by atoms with Crippen molar-refractivity contribution in [3.05, 3.63) is 54.1 Å². The van der Waals surface area contributed by atoms with E-state index in [0.29, 0.717) is 39.1 Å². The first-order chi connectivity index (χ1) is 23.9. The van der Waals surface area contributed by atoms with Crippen LogP contribution in [0.2, 0.25) is 36.3 Å². The summed E-state index contributed by atoms with van der Waals surface area (Å²) in [6.45, 7) is 25.7. The molecule has 0 aromatic heterocycles. The molecule has 1 aliphatic carbocycles. The van der Waals surface area contributed by atoms with E-state index < -0.39 is 40.5 Å². The Hall–Kier alpha value is -1.81. The minimum atomic E-state index is -4.47. The van der Waals surface area contributed by atoms with Crippen molar-refractivity contribution in [2.75, 3.05) is 26.4 Å². The average Bonchev–Trinajstić information content (AvgIpc) is 3.31. The predicted molar refractivity (Wildman–Crippen MR) is 203 cm³/mol. The molecule has 4 aliphatic rings. The van der Waals surface area contributed by atoms with Crippen LogP contribution in [0.1, 0.15) is 86.1 Å². The van der Waals surface area contributed by atoms with Crippen molar-refractivity contribution in [3.63, 3.8) is 0 Å². The van der Waals surface area contributed by atoms with Gasteiger partial charge in [-0.25, -0.2) is 0 Å². The van der Waals surface area contributed by atoms with E-state index in [9.17, 15) is 18.0 Å². The lowest BCUT2D eigenvalue weighted by Gasteiger charge is -2.50. The first-order valence-corrected chi connectivity index (χ1v) is 24.6. The van der Waals surface area contributed by atoms with Gasteiger partial charge in [-0.15, -0.1) is 0 Å². The Morgan fingerprint density at radius 3 is 2.13 bits per heavy atom. The number of fused-ring (bicyclic) bond motifs is 3. The molecule has 12 heteroatoms. The Labute approximate surface area is 312 Å². The lowest BCUT2D eigenvalue weighted by atomic mass is 9.90. The highest BCUT2D eigenvalue weighted by Gasteiger charge is 2.50. The first kappa shape index (κ1) is 42.9. The molecule has 4 fully saturated rings. The van der Waals surface area contributed by atoms with Crippen molar-refractivity contribution in [1.29, 1.82) is 0 Å². The Bertz CT molecular complexity index is 1400. The summed E-state index contributed by atoms with van der Waals surface area (Å²) < 4.78 is 77.7. The number of unbranched alkanes of at least 4 members (excludes halogenated alkanes) is 1. The summed E-state index contributed by atoms with van der Waals surface area (Å²) in [5.74, 6) is -1.11.